The van der Waals surface area contributed by atoms with Crippen LogP contribution in [0.5, 0.6) is 0 Å². The van der Waals surface area contributed by atoms with Gasteiger partial charge in [-0.15, -0.1) is 0 Å². The zero-order valence-electron chi connectivity index (χ0n) is 19.6. The van der Waals surface area contributed by atoms with E-state index in [1.54, 1.807) is 28.9 Å². The van der Waals surface area contributed by atoms with Gasteiger partial charge in [0, 0.05) is 54.9 Å². The van der Waals surface area contributed by atoms with E-state index in [-0.39, 0.29) is 11.5 Å². The third-order valence-electron chi connectivity index (χ3n) is 6.65. The lowest BCUT2D eigenvalue weighted by molar-refractivity contribution is 0.0994. The number of hydrogen-bond donors (Lipinski definition) is 2. The first-order chi connectivity index (χ1) is 17.2. The Kier molecular flexibility index (Phi) is 6.40. The zero-order valence-corrected chi connectivity index (χ0v) is 21.2. The topological polar surface area (TPSA) is 79.4 Å². The van der Waals surface area contributed by atoms with Crippen LogP contribution in [0.25, 0.3) is 0 Å². The molecule has 3 aromatic rings. The number of anilines is 2. The second kappa shape index (κ2) is 9.52. The molecule has 3 heterocycles. The van der Waals surface area contributed by atoms with Crippen LogP contribution in [0.3, 0.4) is 0 Å². The van der Waals surface area contributed by atoms with Gasteiger partial charge in [0.2, 0.25) is 0 Å². The lowest BCUT2D eigenvalue weighted by Crippen LogP contribution is -2.46. The highest BCUT2D eigenvalue weighted by Gasteiger charge is 2.34. The minimum absolute atomic E-state index is 0.162. The number of nitrogens with two attached hydrogens (primary N) is 1. The van der Waals surface area contributed by atoms with E-state index in [0.29, 0.717) is 15.9 Å². The third-order valence-corrected chi connectivity index (χ3v) is 7.39. The maximum atomic E-state index is 13.3. The van der Waals surface area contributed by atoms with E-state index in [4.69, 9.17) is 28.9 Å². The van der Waals surface area contributed by atoms with Crippen LogP contribution in [0.15, 0.2) is 72.1 Å². The average molecular weight is 527 g/mol. The summed E-state index contributed by atoms with van der Waals surface area (Å²) in [6.07, 6.45) is 0. The molecule has 10 heteroatoms. The maximum Gasteiger partial charge on any atom is 0.269 e. The average Bonchev–Trinajstić information content (AvgIpc) is 3.29. The number of fused-ring (bicyclic) bond motifs is 1. The molecule has 2 aliphatic rings. The van der Waals surface area contributed by atoms with Crippen molar-refractivity contribution < 1.29 is 9.18 Å². The summed E-state index contributed by atoms with van der Waals surface area (Å²) in [5.74, 6) is -0.208. The third kappa shape index (κ3) is 4.42. The second-order valence-corrected chi connectivity index (χ2v) is 9.68. The lowest BCUT2D eigenvalue weighted by Gasteiger charge is -2.41. The molecule has 1 fully saturated rings. The predicted octanol–water partition coefficient (Wildman–Crippen LogP) is 5.05. The molecule has 36 heavy (non-hydrogen) atoms. The van der Waals surface area contributed by atoms with Gasteiger partial charge in [0.1, 0.15) is 17.7 Å². The molecule has 1 amide bonds. The Bertz CT molecular complexity index is 1380. The number of benzene rings is 2. The summed E-state index contributed by atoms with van der Waals surface area (Å²) in [7, 11) is 0. The van der Waals surface area contributed by atoms with Gasteiger partial charge in [-0.05, 0) is 48.9 Å². The van der Waals surface area contributed by atoms with Crippen molar-refractivity contribution in [2.45, 2.75) is 13.0 Å². The minimum atomic E-state index is -0.610. The van der Waals surface area contributed by atoms with Crippen LogP contribution in [0.1, 0.15) is 29.0 Å². The number of nitrogens with zero attached hydrogens (tertiary/aromatic N) is 4. The van der Waals surface area contributed by atoms with E-state index in [1.165, 1.54) is 12.1 Å². The van der Waals surface area contributed by atoms with Crippen LogP contribution >= 0.6 is 23.2 Å². The number of amides is 1. The molecule has 2 aromatic carbocycles. The molecule has 186 valence electrons. The molecule has 0 aliphatic carbocycles. The van der Waals surface area contributed by atoms with Crippen molar-refractivity contribution in [1.29, 1.82) is 0 Å². The van der Waals surface area contributed by atoms with Crippen LogP contribution in [0.4, 0.5) is 15.9 Å². The molecule has 0 spiro atoms. The molecule has 1 aromatic heterocycles. The van der Waals surface area contributed by atoms with E-state index in [9.17, 15) is 9.18 Å². The Labute approximate surface area is 218 Å². The first-order valence-electron chi connectivity index (χ1n) is 11.5. The molecule has 1 atom stereocenters. The number of aromatic nitrogens is 2. The highest BCUT2D eigenvalue weighted by atomic mass is 35.5. The summed E-state index contributed by atoms with van der Waals surface area (Å²) in [5.41, 5.74) is 10.2. The molecule has 1 saturated heterocycles. The van der Waals surface area contributed by atoms with Gasteiger partial charge in [-0.3, -0.25) is 4.79 Å². The number of carbonyl (C=O) groups is 1. The number of halogens is 3. The molecule has 0 saturated carbocycles. The van der Waals surface area contributed by atoms with Crippen molar-refractivity contribution in [3.05, 3.63) is 99.2 Å². The molecular weight excluding hydrogens is 502 g/mol. The fourth-order valence-corrected chi connectivity index (χ4v) is 5.12. The van der Waals surface area contributed by atoms with Gasteiger partial charge in [0.25, 0.3) is 5.91 Å². The van der Waals surface area contributed by atoms with E-state index in [1.807, 2.05) is 19.1 Å². The molecule has 5 rings (SSSR count). The zero-order chi connectivity index (χ0) is 25.6. The standard InChI is InChI=1S/C26H25Cl2FN6O/c1-15-24(16(2)33-9-11-34(12-10-33)19-6-4-18(29)5-7-19)25(17-3-8-20(27)21(28)13-17)35-23(31-15)14-22(32-35)26(30)36/h3-8,13-14,25,31H,2,9-12H2,1H3,(H2,30,36). The number of carbonyl (C=O) groups excluding carboxylic acids is 1. The lowest BCUT2D eigenvalue weighted by atomic mass is 9.92. The quantitative estimate of drug-likeness (QED) is 0.486. The van der Waals surface area contributed by atoms with Crippen LogP contribution < -0.4 is 16.0 Å². The van der Waals surface area contributed by atoms with Crippen molar-refractivity contribution in [2.24, 2.45) is 5.73 Å². The van der Waals surface area contributed by atoms with Gasteiger partial charge < -0.3 is 20.9 Å². The van der Waals surface area contributed by atoms with Crippen LogP contribution in [-0.2, 0) is 0 Å². The van der Waals surface area contributed by atoms with Gasteiger partial charge in [-0.2, -0.15) is 5.10 Å². The Morgan fingerprint density at radius 3 is 2.42 bits per heavy atom. The molecular formula is C26H25Cl2FN6O. The summed E-state index contributed by atoms with van der Waals surface area (Å²) in [4.78, 5) is 16.3. The SMILES string of the molecule is C=C(C1=C(C)Nc2cc(C(N)=O)nn2C1c1ccc(Cl)c(Cl)c1)N1CCN(c2ccc(F)cc2)CC1. The van der Waals surface area contributed by atoms with Crippen molar-refractivity contribution in [2.75, 3.05) is 36.4 Å². The van der Waals surface area contributed by atoms with Gasteiger partial charge in [0.15, 0.2) is 5.69 Å². The first-order valence-corrected chi connectivity index (χ1v) is 12.3. The fourth-order valence-electron chi connectivity index (χ4n) is 4.81. The van der Waals surface area contributed by atoms with Gasteiger partial charge in [-0.1, -0.05) is 35.8 Å². The largest absolute Gasteiger partial charge is 0.368 e. The Hall–Kier alpha value is -3.49. The molecule has 7 nitrogen and oxygen atoms in total. The summed E-state index contributed by atoms with van der Waals surface area (Å²) < 4.78 is 15.1. The predicted molar refractivity (Wildman–Crippen MR) is 141 cm³/mol. The van der Waals surface area contributed by atoms with Crippen molar-refractivity contribution >= 4 is 40.6 Å². The van der Waals surface area contributed by atoms with Crippen LogP contribution in [0, 0.1) is 5.82 Å². The molecule has 0 radical (unpaired) electrons. The fraction of sp³-hybridized carbons (Fsp3) is 0.231. The molecule has 1 unspecified atom stereocenters. The first kappa shape index (κ1) is 24.2. The Balaban J connectivity index is 1.46. The van der Waals surface area contributed by atoms with Crippen molar-refractivity contribution in [1.82, 2.24) is 14.7 Å². The summed E-state index contributed by atoms with van der Waals surface area (Å²) >= 11 is 12.6. The van der Waals surface area contributed by atoms with Crippen LogP contribution in [-0.4, -0.2) is 46.8 Å². The number of piperazine rings is 1. The maximum absolute atomic E-state index is 13.3. The number of nitrogens with one attached hydrogen (secondary N) is 1. The number of rotatable bonds is 5. The van der Waals surface area contributed by atoms with Gasteiger partial charge >= 0.3 is 0 Å². The van der Waals surface area contributed by atoms with E-state index >= 15 is 0 Å². The highest BCUT2D eigenvalue weighted by molar-refractivity contribution is 6.42. The van der Waals surface area contributed by atoms with Crippen LogP contribution in [0.2, 0.25) is 10.0 Å². The molecule has 0 bridgehead atoms. The molecule has 3 N–H and O–H groups in total. The van der Waals surface area contributed by atoms with E-state index < -0.39 is 11.9 Å². The van der Waals surface area contributed by atoms with Crippen molar-refractivity contribution in [3.63, 3.8) is 0 Å². The highest BCUT2D eigenvalue weighted by Crippen LogP contribution is 2.41. The number of allylic oxidation sites excluding steroid dienone is 2. The van der Waals surface area contributed by atoms with Gasteiger partial charge in [-0.25, -0.2) is 9.07 Å². The van der Waals surface area contributed by atoms with Gasteiger partial charge in [0.05, 0.1) is 10.0 Å². The minimum Gasteiger partial charge on any atom is -0.368 e. The van der Waals surface area contributed by atoms with E-state index in [2.05, 4.69) is 26.8 Å². The number of hydrogen-bond acceptors (Lipinski definition) is 5. The number of primary amides is 1. The Morgan fingerprint density at radius 1 is 1.08 bits per heavy atom. The van der Waals surface area contributed by atoms with Crippen molar-refractivity contribution in [3.8, 4) is 0 Å². The summed E-state index contributed by atoms with van der Waals surface area (Å²) in [6, 6.07) is 13.2. The Morgan fingerprint density at radius 2 is 1.78 bits per heavy atom. The summed E-state index contributed by atoms with van der Waals surface area (Å²) in [6.45, 7) is 9.43. The monoisotopic (exact) mass is 526 g/mol. The summed E-state index contributed by atoms with van der Waals surface area (Å²) in [5, 5.41) is 8.73. The van der Waals surface area contributed by atoms with E-state index in [0.717, 1.165) is 54.4 Å². The smallest absolute Gasteiger partial charge is 0.269 e. The molecule has 2 aliphatic heterocycles. The second-order valence-electron chi connectivity index (χ2n) is 8.86. The normalized spacial score (nSPS) is 17.6.